The third kappa shape index (κ3) is 3.59. The number of allylic oxidation sites excluding steroid dienone is 4. The van der Waals surface area contributed by atoms with Gasteiger partial charge in [0.05, 0.1) is 0 Å². The van der Waals surface area contributed by atoms with Gasteiger partial charge in [-0.15, -0.1) is 0 Å². The first-order chi connectivity index (χ1) is 9.31. The van der Waals surface area contributed by atoms with Crippen LogP contribution in [-0.4, -0.2) is 0 Å². The van der Waals surface area contributed by atoms with Crippen LogP contribution in [0, 0.1) is 0 Å². The van der Waals surface area contributed by atoms with Crippen LogP contribution in [0.2, 0.25) is 0 Å². The van der Waals surface area contributed by atoms with Crippen molar-refractivity contribution in [2.24, 2.45) is 0 Å². The summed E-state index contributed by atoms with van der Waals surface area (Å²) >= 11 is 0. The number of rotatable bonds is 4. The van der Waals surface area contributed by atoms with E-state index in [0.29, 0.717) is 0 Å². The van der Waals surface area contributed by atoms with Crippen LogP contribution in [0.3, 0.4) is 0 Å². The van der Waals surface area contributed by atoms with E-state index in [0.717, 1.165) is 11.4 Å². The van der Waals surface area contributed by atoms with Gasteiger partial charge in [-0.3, -0.25) is 0 Å². The van der Waals surface area contributed by atoms with Gasteiger partial charge in [0.2, 0.25) is 0 Å². The van der Waals surface area contributed by atoms with Crippen LogP contribution in [0.4, 0.5) is 5.69 Å². The largest absolute Gasteiger partial charge is 0.359 e. The van der Waals surface area contributed by atoms with Crippen LogP contribution in [0.15, 0.2) is 78.5 Å². The van der Waals surface area contributed by atoms with E-state index in [-0.39, 0.29) is 0 Å². The zero-order valence-electron chi connectivity index (χ0n) is 11.4. The van der Waals surface area contributed by atoms with Gasteiger partial charge in [0.15, 0.2) is 0 Å². The molecule has 1 N–H and O–H groups in total. The molecule has 1 nitrogen and oxygen atoms in total. The Morgan fingerprint density at radius 3 is 2.37 bits per heavy atom. The zero-order chi connectivity index (χ0) is 13.5. The molecule has 0 bridgehead atoms. The summed E-state index contributed by atoms with van der Waals surface area (Å²) in [6, 6.07) is 18.8. The number of nitrogens with one attached hydrogen (secondary N) is 1. The molecule has 1 heteroatoms. The lowest BCUT2D eigenvalue weighted by atomic mass is 10.0. The number of benzene rings is 2. The predicted octanol–water partition coefficient (Wildman–Crippen LogP) is 5.25. The van der Waals surface area contributed by atoms with Gasteiger partial charge in [-0.05, 0) is 31.6 Å². The normalized spacial score (nSPS) is 11.8. The van der Waals surface area contributed by atoms with Gasteiger partial charge in [0.25, 0.3) is 0 Å². The molecule has 0 saturated heterocycles. The van der Waals surface area contributed by atoms with E-state index in [2.05, 4.69) is 66.8 Å². The fourth-order valence-corrected chi connectivity index (χ4v) is 1.96. The number of hydrogen-bond acceptors (Lipinski definition) is 1. The zero-order valence-corrected chi connectivity index (χ0v) is 11.4. The lowest BCUT2D eigenvalue weighted by Crippen LogP contribution is -1.97. The Morgan fingerprint density at radius 1 is 0.947 bits per heavy atom. The number of anilines is 1. The minimum Gasteiger partial charge on any atom is -0.359 e. The molecule has 0 aliphatic carbocycles. The highest BCUT2D eigenvalue weighted by Crippen LogP contribution is 2.28. The van der Waals surface area contributed by atoms with Crippen molar-refractivity contribution in [1.82, 2.24) is 0 Å². The fraction of sp³-hybridized carbons (Fsp3) is 0.111. The Labute approximate surface area is 115 Å². The first-order valence-corrected chi connectivity index (χ1v) is 6.52. The number of hydrogen-bond donors (Lipinski definition) is 1. The van der Waals surface area contributed by atoms with Gasteiger partial charge >= 0.3 is 0 Å². The molecule has 0 unspecified atom stereocenters. The second kappa shape index (κ2) is 6.60. The van der Waals surface area contributed by atoms with Gasteiger partial charge in [-0.1, -0.05) is 60.7 Å². The average molecular weight is 249 g/mol. The summed E-state index contributed by atoms with van der Waals surface area (Å²) in [5.41, 5.74) is 4.70. The van der Waals surface area contributed by atoms with Crippen molar-refractivity contribution in [3.63, 3.8) is 0 Å². The summed E-state index contributed by atoms with van der Waals surface area (Å²) in [6.45, 7) is 4.09. The molecule has 0 aromatic heterocycles. The van der Waals surface area contributed by atoms with E-state index >= 15 is 0 Å². The lowest BCUT2D eigenvalue weighted by Gasteiger charge is -2.12. The highest BCUT2D eigenvalue weighted by atomic mass is 14.9. The summed E-state index contributed by atoms with van der Waals surface area (Å²) in [4.78, 5) is 0. The van der Waals surface area contributed by atoms with Crippen LogP contribution >= 0.6 is 0 Å². The van der Waals surface area contributed by atoms with E-state index < -0.39 is 0 Å². The first-order valence-electron chi connectivity index (χ1n) is 6.52. The minimum absolute atomic E-state index is 1.13. The Hall–Kier alpha value is -2.28. The maximum atomic E-state index is 3.45. The molecule has 0 fully saturated rings. The SMILES string of the molecule is C/C=C\C=C(/C)Nc1ccccc1-c1ccccc1. The second-order valence-corrected chi connectivity index (χ2v) is 4.41. The van der Waals surface area contributed by atoms with Gasteiger partial charge in [0, 0.05) is 16.9 Å². The van der Waals surface area contributed by atoms with Crippen LogP contribution < -0.4 is 5.32 Å². The molecule has 0 saturated carbocycles. The topological polar surface area (TPSA) is 12.0 Å². The Kier molecular flexibility index (Phi) is 4.57. The van der Waals surface area contributed by atoms with E-state index in [4.69, 9.17) is 0 Å². The van der Waals surface area contributed by atoms with Gasteiger partial charge in [-0.2, -0.15) is 0 Å². The predicted molar refractivity (Wildman–Crippen MR) is 84.1 cm³/mol. The molecular formula is C18H19N. The molecule has 0 aliphatic heterocycles. The highest BCUT2D eigenvalue weighted by molar-refractivity contribution is 5.78. The molecule has 0 radical (unpaired) electrons. The van der Waals surface area contributed by atoms with Crippen molar-refractivity contribution in [2.45, 2.75) is 13.8 Å². The summed E-state index contributed by atoms with van der Waals surface area (Å²) in [5.74, 6) is 0. The standard InChI is InChI=1S/C18H19N/c1-3-4-10-15(2)19-18-14-9-8-13-17(18)16-11-6-5-7-12-16/h3-14,19H,1-2H3/b4-3-,15-10+. The molecular weight excluding hydrogens is 230 g/mol. The van der Waals surface area contributed by atoms with Crippen LogP contribution in [-0.2, 0) is 0 Å². The highest BCUT2D eigenvalue weighted by Gasteiger charge is 2.03. The van der Waals surface area contributed by atoms with E-state index in [1.54, 1.807) is 0 Å². The second-order valence-electron chi connectivity index (χ2n) is 4.41. The molecule has 2 aromatic rings. The van der Waals surface area contributed by atoms with Crippen LogP contribution in [0.5, 0.6) is 0 Å². The summed E-state index contributed by atoms with van der Waals surface area (Å²) in [7, 11) is 0. The molecule has 0 heterocycles. The lowest BCUT2D eigenvalue weighted by molar-refractivity contribution is 1.37. The quantitative estimate of drug-likeness (QED) is 0.730. The molecule has 19 heavy (non-hydrogen) atoms. The third-order valence-electron chi connectivity index (χ3n) is 2.88. The molecule has 96 valence electrons. The Morgan fingerprint density at radius 2 is 1.63 bits per heavy atom. The van der Waals surface area contributed by atoms with Crippen molar-refractivity contribution in [2.75, 3.05) is 5.32 Å². The van der Waals surface area contributed by atoms with Crippen molar-refractivity contribution >= 4 is 5.69 Å². The van der Waals surface area contributed by atoms with Crippen LogP contribution in [0.25, 0.3) is 11.1 Å². The van der Waals surface area contributed by atoms with Gasteiger partial charge in [-0.25, -0.2) is 0 Å². The number of para-hydroxylation sites is 1. The van der Waals surface area contributed by atoms with Crippen molar-refractivity contribution in [3.8, 4) is 11.1 Å². The molecule has 0 atom stereocenters. The van der Waals surface area contributed by atoms with Crippen molar-refractivity contribution in [1.29, 1.82) is 0 Å². The fourth-order valence-electron chi connectivity index (χ4n) is 1.96. The third-order valence-corrected chi connectivity index (χ3v) is 2.88. The molecule has 0 amide bonds. The van der Waals surface area contributed by atoms with Crippen LogP contribution in [0.1, 0.15) is 13.8 Å². The Bertz CT molecular complexity index is 580. The molecule has 2 rings (SSSR count). The molecule has 2 aromatic carbocycles. The van der Waals surface area contributed by atoms with Crippen molar-refractivity contribution in [3.05, 3.63) is 78.5 Å². The minimum atomic E-state index is 1.13. The average Bonchev–Trinajstić information content (AvgIpc) is 2.46. The molecule has 0 aliphatic rings. The maximum absolute atomic E-state index is 3.45. The van der Waals surface area contributed by atoms with E-state index in [1.165, 1.54) is 11.1 Å². The first kappa shape index (κ1) is 13.2. The monoisotopic (exact) mass is 249 g/mol. The molecule has 0 spiro atoms. The smallest absolute Gasteiger partial charge is 0.0461 e. The van der Waals surface area contributed by atoms with E-state index in [9.17, 15) is 0 Å². The van der Waals surface area contributed by atoms with Gasteiger partial charge in [0.1, 0.15) is 0 Å². The van der Waals surface area contributed by atoms with Crippen molar-refractivity contribution < 1.29 is 0 Å². The maximum Gasteiger partial charge on any atom is 0.0461 e. The summed E-state index contributed by atoms with van der Waals surface area (Å²) in [6.07, 6.45) is 6.13. The van der Waals surface area contributed by atoms with E-state index in [1.807, 2.05) is 25.1 Å². The Balaban J connectivity index is 2.32. The summed E-state index contributed by atoms with van der Waals surface area (Å²) < 4.78 is 0. The van der Waals surface area contributed by atoms with Gasteiger partial charge < -0.3 is 5.32 Å². The summed E-state index contributed by atoms with van der Waals surface area (Å²) in [5, 5.41) is 3.45.